The van der Waals surface area contributed by atoms with Gasteiger partial charge in [0.1, 0.15) is 0 Å². The summed E-state index contributed by atoms with van der Waals surface area (Å²) in [7, 11) is 0. The summed E-state index contributed by atoms with van der Waals surface area (Å²) in [6.45, 7) is 1.85. The Hall–Kier alpha value is -1.66. The van der Waals surface area contributed by atoms with Crippen LogP contribution in [0.1, 0.15) is 19.8 Å². The lowest BCUT2D eigenvalue weighted by Crippen LogP contribution is -2.22. The third-order valence-corrected chi connectivity index (χ3v) is 4.82. The van der Waals surface area contributed by atoms with Gasteiger partial charge in [-0.1, -0.05) is 53.3 Å². The van der Waals surface area contributed by atoms with Crippen LogP contribution in [0.15, 0.2) is 30.3 Å². The predicted octanol–water partition coefficient (Wildman–Crippen LogP) is 6.09. The van der Waals surface area contributed by atoms with E-state index in [1.54, 1.807) is 18.2 Å². The first kappa shape index (κ1) is 21.6. The van der Waals surface area contributed by atoms with Crippen LogP contribution in [0.25, 0.3) is 0 Å². The SMILES string of the molecule is CCCC(=O)Nc1ccc(Cl)c(NC(=O)CNc2cc(Cl)c(Cl)cc2Cl)c1. The van der Waals surface area contributed by atoms with Gasteiger partial charge in [-0.3, -0.25) is 9.59 Å². The van der Waals surface area contributed by atoms with Gasteiger partial charge in [0.15, 0.2) is 0 Å². The molecule has 0 aromatic heterocycles. The molecular formula is C18H17Cl4N3O2. The van der Waals surface area contributed by atoms with E-state index in [4.69, 9.17) is 46.4 Å². The summed E-state index contributed by atoms with van der Waals surface area (Å²) < 4.78 is 0. The van der Waals surface area contributed by atoms with Gasteiger partial charge < -0.3 is 16.0 Å². The zero-order valence-electron chi connectivity index (χ0n) is 14.3. The van der Waals surface area contributed by atoms with Crippen molar-refractivity contribution in [2.75, 3.05) is 22.5 Å². The van der Waals surface area contributed by atoms with E-state index in [0.29, 0.717) is 43.6 Å². The van der Waals surface area contributed by atoms with Gasteiger partial charge in [0.2, 0.25) is 11.8 Å². The number of halogens is 4. The van der Waals surface area contributed by atoms with Gasteiger partial charge >= 0.3 is 0 Å². The molecule has 0 bridgehead atoms. The molecule has 0 saturated carbocycles. The van der Waals surface area contributed by atoms with Crippen LogP contribution in [0.2, 0.25) is 20.1 Å². The minimum absolute atomic E-state index is 0.0690. The minimum Gasteiger partial charge on any atom is -0.375 e. The van der Waals surface area contributed by atoms with Crippen LogP contribution in [0.5, 0.6) is 0 Å². The molecule has 3 N–H and O–H groups in total. The van der Waals surface area contributed by atoms with Gasteiger partial charge in [-0.05, 0) is 36.8 Å². The molecular weight excluding hydrogens is 432 g/mol. The Labute approximate surface area is 177 Å². The van der Waals surface area contributed by atoms with Crippen LogP contribution in [0.3, 0.4) is 0 Å². The third-order valence-electron chi connectivity index (χ3n) is 3.45. The molecule has 2 amide bonds. The van der Waals surface area contributed by atoms with Crippen LogP contribution in [0, 0.1) is 0 Å². The molecule has 0 saturated heterocycles. The summed E-state index contributed by atoms with van der Waals surface area (Å²) in [5.74, 6) is -0.455. The quantitative estimate of drug-likeness (QED) is 0.449. The van der Waals surface area contributed by atoms with Crippen LogP contribution in [-0.2, 0) is 9.59 Å². The number of hydrogen-bond acceptors (Lipinski definition) is 3. The number of nitrogens with one attached hydrogen (secondary N) is 3. The molecule has 9 heteroatoms. The van der Waals surface area contributed by atoms with Crippen molar-refractivity contribution in [2.45, 2.75) is 19.8 Å². The number of benzene rings is 2. The lowest BCUT2D eigenvalue weighted by molar-refractivity contribution is -0.116. The van der Waals surface area contributed by atoms with E-state index in [2.05, 4.69) is 16.0 Å². The Balaban J connectivity index is 2.01. The van der Waals surface area contributed by atoms with Crippen molar-refractivity contribution < 1.29 is 9.59 Å². The van der Waals surface area contributed by atoms with E-state index in [1.165, 1.54) is 12.1 Å². The maximum absolute atomic E-state index is 12.2. The van der Waals surface area contributed by atoms with Gasteiger partial charge in [-0.2, -0.15) is 0 Å². The smallest absolute Gasteiger partial charge is 0.243 e. The topological polar surface area (TPSA) is 70.2 Å². The molecule has 0 radical (unpaired) electrons. The van der Waals surface area contributed by atoms with Gasteiger partial charge in [-0.15, -0.1) is 0 Å². The number of amides is 2. The second kappa shape index (κ2) is 10.0. The van der Waals surface area contributed by atoms with E-state index in [9.17, 15) is 9.59 Å². The first-order valence-electron chi connectivity index (χ1n) is 8.07. The standard InChI is InChI=1S/C18H17Cl4N3O2/c1-2-3-17(26)24-10-4-5-11(19)16(6-10)25-18(27)9-23-15-8-13(21)12(20)7-14(15)22/h4-8,23H,2-3,9H2,1H3,(H,24,26)(H,25,27). The van der Waals surface area contributed by atoms with Crippen LogP contribution >= 0.6 is 46.4 Å². The van der Waals surface area contributed by atoms with E-state index in [-0.39, 0.29) is 18.4 Å². The Morgan fingerprint density at radius 2 is 1.52 bits per heavy atom. The van der Waals surface area contributed by atoms with Crippen LogP contribution in [-0.4, -0.2) is 18.4 Å². The fraction of sp³-hybridized carbons (Fsp3) is 0.222. The molecule has 0 aliphatic rings. The van der Waals surface area contributed by atoms with Gasteiger partial charge in [0.25, 0.3) is 0 Å². The van der Waals surface area contributed by atoms with Crippen LogP contribution < -0.4 is 16.0 Å². The van der Waals surface area contributed by atoms with Crippen molar-refractivity contribution >= 4 is 75.3 Å². The first-order valence-corrected chi connectivity index (χ1v) is 9.59. The molecule has 5 nitrogen and oxygen atoms in total. The first-order chi connectivity index (χ1) is 12.8. The highest BCUT2D eigenvalue weighted by Gasteiger charge is 2.11. The zero-order valence-corrected chi connectivity index (χ0v) is 17.4. The van der Waals surface area contributed by atoms with E-state index in [1.807, 2.05) is 6.92 Å². The second-order valence-corrected chi connectivity index (χ2v) is 7.27. The maximum atomic E-state index is 12.2. The summed E-state index contributed by atoms with van der Waals surface area (Å²) in [6.07, 6.45) is 1.16. The molecule has 0 fully saturated rings. The number of carbonyl (C=O) groups is 2. The Bertz CT molecular complexity index is 859. The molecule has 0 atom stereocenters. The fourth-order valence-corrected chi connectivity index (χ4v) is 2.96. The highest BCUT2D eigenvalue weighted by molar-refractivity contribution is 6.44. The molecule has 0 unspecified atom stereocenters. The monoisotopic (exact) mass is 447 g/mol. The molecule has 27 heavy (non-hydrogen) atoms. The molecule has 2 aromatic rings. The molecule has 0 aliphatic heterocycles. The van der Waals surface area contributed by atoms with Crippen molar-refractivity contribution in [2.24, 2.45) is 0 Å². The fourth-order valence-electron chi connectivity index (χ4n) is 2.18. The van der Waals surface area contributed by atoms with Crippen molar-refractivity contribution in [1.82, 2.24) is 0 Å². The van der Waals surface area contributed by atoms with Gasteiger partial charge in [0, 0.05) is 12.1 Å². The summed E-state index contributed by atoms with van der Waals surface area (Å²) in [5.41, 5.74) is 1.42. The average molecular weight is 449 g/mol. The third kappa shape index (κ3) is 6.47. The molecule has 2 aromatic carbocycles. The summed E-state index contributed by atoms with van der Waals surface area (Å²) >= 11 is 24.0. The zero-order chi connectivity index (χ0) is 20.0. The number of carbonyl (C=O) groups excluding carboxylic acids is 2. The molecule has 2 rings (SSSR count). The van der Waals surface area contributed by atoms with Crippen molar-refractivity contribution in [3.63, 3.8) is 0 Å². The largest absolute Gasteiger partial charge is 0.375 e. The number of anilines is 3. The van der Waals surface area contributed by atoms with E-state index in [0.717, 1.165) is 6.42 Å². The lowest BCUT2D eigenvalue weighted by atomic mass is 10.2. The normalized spacial score (nSPS) is 10.4. The Morgan fingerprint density at radius 1 is 0.815 bits per heavy atom. The van der Waals surface area contributed by atoms with E-state index < -0.39 is 0 Å². The molecule has 0 aliphatic carbocycles. The molecule has 144 valence electrons. The Morgan fingerprint density at radius 3 is 2.22 bits per heavy atom. The number of hydrogen-bond donors (Lipinski definition) is 3. The molecule has 0 heterocycles. The van der Waals surface area contributed by atoms with E-state index >= 15 is 0 Å². The molecule has 0 spiro atoms. The highest BCUT2D eigenvalue weighted by atomic mass is 35.5. The van der Waals surface area contributed by atoms with Crippen LogP contribution in [0.4, 0.5) is 17.1 Å². The highest BCUT2D eigenvalue weighted by Crippen LogP contribution is 2.32. The van der Waals surface area contributed by atoms with Gasteiger partial charge in [-0.25, -0.2) is 0 Å². The number of rotatable bonds is 7. The second-order valence-electron chi connectivity index (χ2n) is 5.64. The lowest BCUT2D eigenvalue weighted by Gasteiger charge is -2.12. The van der Waals surface area contributed by atoms with Crippen molar-refractivity contribution in [3.05, 3.63) is 50.4 Å². The Kier molecular flexibility index (Phi) is 8.05. The maximum Gasteiger partial charge on any atom is 0.243 e. The summed E-state index contributed by atoms with van der Waals surface area (Å²) in [4.78, 5) is 23.9. The minimum atomic E-state index is -0.351. The van der Waals surface area contributed by atoms with Crippen molar-refractivity contribution in [3.8, 4) is 0 Å². The average Bonchev–Trinajstić information content (AvgIpc) is 2.60. The predicted molar refractivity (Wildman–Crippen MR) is 114 cm³/mol. The van der Waals surface area contributed by atoms with Gasteiger partial charge in [0.05, 0.1) is 38.0 Å². The summed E-state index contributed by atoms with van der Waals surface area (Å²) in [5, 5.41) is 9.66. The van der Waals surface area contributed by atoms with Crippen molar-refractivity contribution in [1.29, 1.82) is 0 Å². The summed E-state index contributed by atoms with van der Waals surface area (Å²) in [6, 6.07) is 7.89.